The Bertz CT molecular complexity index is 949. The van der Waals surface area contributed by atoms with Crippen molar-refractivity contribution in [3.05, 3.63) is 39.2 Å². The molecule has 7 nitrogen and oxygen atoms in total. The molecule has 1 aromatic carbocycles. The molecule has 0 unspecified atom stereocenters. The number of aromatic nitrogens is 1. The average molecular weight is 442 g/mol. The molecule has 1 aliphatic carbocycles. The predicted octanol–water partition coefficient (Wildman–Crippen LogP) is 4.99. The summed E-state index contributed by atoms with van der Waals surface area (Å²) in [5.74, 6) is 1.41. The van der Waals surface area contributed by atoms with E-state index in [0.717, 1.165) is 68.3 Å². The fourth-order valence-electron chi connectivity index (χ4n) is 4.03. The summed E-state index contributed by atoms with van der Waals surface area (Å²) in [6, 6.07) is 4.37. The first-order valence-corrected chi connectivity index (χ1v) is 12.0. The molecule has 1 aliphatic heterocycles. The summed E-state index contributed by atoms with van der Waals surface area (Å²) in [5, 5.41) is 12.3. The van der Waals surface area contributed by atoms with E-state index in [1.54, 1.807) is 11.3 Å². The number of carbonyl (C=O) groups excluding carboxylic acids is 1. The molecule has 1 saturated carbocycles. The van der Waals surface area contributed by atoms with Gasteiger partial charge in [-0.1, -0.05) is 12.5 Å². The lowest BCUT2D eigenvalue weighted by atomic mass is 9.98. The Morgan fingerprint density at radius 2 is 2.03 bits per heavy atom. The molecule has 0 saturated heterocycles. The van der Waals surface area contributed by atoms with Crippen molar-refractivity contribution in [2.45, 2.75) is 64.9 Å². The Morgan fingerprint density at radius 3 is 2.81 bits per heavy atom. The van der Waals surface area contributed by atoms with Gasteiger partial charge in [0, 0.05) is 30.6 Å². The van der Waals surface area contributed by atoms with Crippen LogP contribution in [0.3, 0.4) is 0 Å². The van der Waals surface area contributed by atoms with Crippen LogP contribution >= 0.6 is 11.3 Å². The highest BCUT2D eigenvalue weighted by molar-refractivity contribution is 7.10. The van der Waals surface area contributed by atoms with Gasteiger partial charge in [-0.3, -0.25) is 10.3 Å². The number of hydrogen-bond donors (Lipinski definition) is 3. The molecule has 8 heteroatoms. The minimum absolute atomic E-state index is 0.0411. The van der Waals surface area contributed by atoms with Gasteiger partial charge < -0.3 is 15.4 Å². The Hall–Kier alpha value is -2.61. The standard InChI is InChI=1S/C23H31N5O2S/c1-15-12-19(26-22-24-9-6-10-25-22)16(2)11-17(15)13-21-27-20(14-31-21)28-23(29)30-18-7-4-3-5-8-18/h11-12,14,18H,3-10,13H2,1-2H3,(H,28,29)(H2,24,25,26). The lowest BCUT2D eigenvalue weighted by Gasteiger charge is -2.21. The first kappa shape index (κ1) is 21.6. The minimum atomic E-state index is -0.398. The van der Waals surface area contributed by atoms with E-state index < -0.39 is 6.09 Å². The van der Waals surface area contributed by atoms with E-state index in [2.05, 4.69) is 51.9 Å². The Morgan fingerprint density at radius 1 is 1.19 bits per heavy atom. The molecule has 1 amide bonds. The number of aryl methyl sites for hydroxylation is 2. The summed E-state index contributed by atoms with van der Waals surface area (Å²) in [4.78, 5) is 21.2. The fourth-order valence-corrected chi connectivity index (χ4v) is 4.77. The van der Waals surface area contributed by atoms with E-state index in [1.165, 1.54) is 23.1 Å². The smallest absolute Gasteiger partial charge is 0.413 e. The Kier molecular flexibility index (Phi) is 7.06. The SMILES string of the molecule is Cc1cc(NC2=NCCCN2)c(C)cc1Cc1nc(NC(=O)OC2CCCCC2)cs1. The number of nitrogens with zero attached hydrogens (tertiary/aromatic N) is 2. The quantitative estimate of drug-likeness (QED) is 0.608. The molecule has 3 N–H and O–H groups in total. The molecular formula is C23H31N5O2S. The number of carbonyl (C=O) groups is 1. The number of aliphatic imine (C=N–C) groups is 1. The van der Waals surface area contributed by atoms with Crippen molar-refractivity contribution in [1.29, 1.82) is 0 Å². The predicted molar refractivity (Wildman–Crippen MR) is 126 cm³/mol. The summed E-state index contributed by atoms with van der Waals surface area (Å²) in [6.45, 7) is 6.03. The monoisotopic (exact) mass is 441 g/mol. The van der Waals surface area contributed by atoms with Gasteiger partial charge in [-0.2, -0.15) is 0 Å². The second-order valence-electron chi connectivity index (χ2n) is 8.32. The minimum Gasteiger partial charge on any atom is -0.446 e. The highest BCUT2D eigenvalue weighted by Gasteiger charge is 2.18. The molecule has 1 fully saturated rings. The van der Waals surface area contributed by atoms with Crippen LogP contribution in [-0.2, 0) is 11.2 Å². The molecule has 2 heterocycles. The van der Waals surface area contributed by atoms with Gasteiger partial charge in [-0.05, 0) is 68.7 Å². The van der Waals surface area contributed by atoms with Crippen LogP contribution in [0.25, 0.3) is 0 Å². The van der Waals surface area contributed by atoms with Gasteiger partial charge in [0.2, 0.25) is 0 Å². The van der Waals surface area contributed by atoms with Crippen molar-refractivity contribution in [2.75, 3.05) is 23.7 Å². The second-order valence-corrected chi connectivity index (χ2v) is 9.27. The zero-order valence-electron chi connectivity index (χ0n) is 18.3. The van der Waals surface area contributed by atoms with Crippen molar-refractivity contribution in [3.63, 3.8) is 0 Å². The van der Waals surface area contributed by atoms with Crippen LogP contribution in [0.15, 0.2) is 22.5 Å². The van der Waals surface area contributed by atoms with Gasteiger partial charge in [0.1, 0.15) is 11.9 Å². The lowest BCUT2D eigenvalue weighted by Crippen LogP contribution is -2.35. The van der Waals surface area contributed by atoms with Crippen molar-refractivity contribution in [2.24, 2.45) is 4.99 Å². The van der Waals surface area contributed by atoms with Gasteiger partial charge in [0.25, 0.3) is 0 Å². The van der Waals surface area contributed by atoms with Gasteiger partial charge in [-0.25, -0.2) is 9.78 Å². The zero-order chi connectivity index (χ0) is 21.6. The number of nitrogens with one attached hydrogen (secondary N) is 3. The number of amides is 1. The zero-order valence-corrected chi connectivity index (χ0v) is 19.1. The van der Waals surface area contributed by atoms with Gasteiger partial charge in [-0.15, -0.1) is 11.3 Å². The van der Waals surface area contributed by atoms with Crippen LogP contribution in [0.1, 0.15) is 60.2 Å². The molecule has 2 aromatic rings. The maximum absolute atomic E-state index is 12.2. The molecule has 0 bridgehead atoms. The summed E-state index contributed by atoms with van der Waals surface area (Å²) >= 11 is 1.55. The number of hydrogen-bond acceptors (Lipinski definition) is 7. The number of guanidine groups is 1. The number of benzene rings is 1. The normalized spacial score (nSPS) is 16.9. The molecule has 2 aliphatic rings. The molecule has 0 atom stereocenters. The molecular weight excluding hydrogens is 410 g/mol. The van der Waals surface area contributed by atoms with Gasteiger partial charge >= 0.3 is 6.09 Å². The summed E-state index contributed by atoms with van der Waals surface area (Å²) in [6.07, 6.45) is 6.88. The van der Waals surface area contributed by atoms with Crippen LogP contribution in [0, 0.1) is 13.8 Å². The highest BCUT2D eigenvalue weighted by atomic mass is 32.1. The van der Waals surface area contributed by atoms with Crippen molar-refractivity contribution in [3.8, 4) is 0 Å². The Labute approximate surface area is 187 Å². The van der Waals surface area contributed by atoms with Crippen molar-refractivity contribution < 1.29 is 9.53 Å². The molecule has 31 heavy (non-hydrogen) atoms. The molecule has 166 valence electrons. The highest BCUT2D eigenvalue weighted by Crippen LogP contribution is 2.26. The van der Waals surface area contributed by atoms with E-state index in [-0.39, 0.29) is 6.10 Å². The van der Waals surface area contributed by atoms with Crippen LogP contribution in [0.5, 0.6) is 0 Å². The summed E-state index contributed by atoms with van der Waals surface area (Å²) in [7, 11) is 0. The first-order chi connectivity index (χ1) is 15.1. The van der Waals surface area contributed by atoms with Crippen molar-refractivity contribution >= 4 is 34.9 Å². The molecule has 0 radical (unpaired) electrons. The van der Waals surface area contributed by atoms with Crippen molar-refractivity contribution in [1.82, 2.24) is 10.3 Å². The Balaban J connectivity index is 1.35. The topological polar surface area (TPSA) is 87.6 Å². The largest absolute Gasteiger partial charge is 0.446 e. The van der Waals surface area contributed by atoms with Gasteiger partial charge in [0.05, 0.1) is 5.01 Å². The average Bonchev–Trinajstić information content (AvgIpc) is 3.19. The van der Waals surface area contributed by atoms with Gasteiger partial charge in [0.15, 0.2) is 5.96 Å². The van der Waals surface area contributed by atoms with E-state index in [0.29, 0.717) is 5.82 Å². The third-order valence-electron chi connectivity index (χ3n) is 5.78. The maximum Gasteiger partial charge on any atom is 0.413 e. The second kappa shape index (κ2) is 10.1. The summed E-state index contributed by atoms with van der Waals surface area (Å²) < 4.78 is 5.53. The van der Waals surface area contributed by atoms with Crippen LogP contribution in [0.4, 0.5) is 16.3 Å². The summed E-state index contributed by atoms with van der Waals surface area (Å²) in [5.41, 5.74) is 4.67. The molecule has 4 rings (SSSR count). The van der Waals surface area contributed by atoms with E-state index >= 15 is 0 Å². The maximum atomic E-state index is 12.2. The van der Waals surface area contributed by atoms with Crippen LogP contribution < -0.4 is 16.0 Å². The number of ether oxygens (including phenoxy) is 1. The number of rotatable bonds is 5. The molecule has 1 aromatic heterocycles. The van der Waals surface area contributed by atoms with Crippen LogP contribution in [-0.4, -0.2) is 36.2 Å². The van der Waals surface area contributed by atoms with E-state index in [9.17, 15) is 4.79 Å². The lowest BCUT2D eigenvalue weighted by molar-refractivity contribution is 0.0864. The van der Waals surface area contributed by atoms with E-state index in [1.807, 2.05) is 5.38 Å². The number of thiazole rings is 1. The third kappa shape index (κ3) is 5.97. The van der Waals surface area contributed by atoms with Crippen LogP contribution in [0.2, 0.25) is 0 Å². The first-order valence-electron chi connectivity index (χ1n) is 11.1. The molecule has 0 spiro atoms. The fraction of sp³-hybridized carbons (Fsp3) is 0.522. The number of anilines is 2. The third-order valence-corrected chi connectivity index (χ3v) is 6.63. The van der Waals surface area contributed by atoms with E-state index in [4.69, 9.17) is 4.74 Å².